The van der Waals surface area contributed by atoms with Crippen LogP contribution >= 0.6 is 15.9 Å². The summed E-state index contributed by atoms with van der Waals surface area (Å²) < 4.78 is 29.9. The van der Waals surface area contributed by atoms with E-state index in [2.05, 4.69) is 20.9 Å². The van der Waals surface area contributed by atoms with E-state index < -0.39 is 12.4 Å². The molecule has 0 saturated heterocycles. The van der Waals surface area contributed by atoms with Crippen molar-refractivity contribution in [1.29, 1.82) is 0 Å². The zero-order valence-corrected chi connectivity index (χ0v) is 10.1. The van der Waals surface area contributed by atoms with Crippen LogP contribution in [-0.2, 0) is 16.0 Å². The van der Waals surface area contributed by atoms with E-state index in [1.807, 2.05) is 0 Å². The molecular formula is C10H10BrF2NO2. The Labute approximate surface area is 99.9 Å². The average Bonchev–Trinajstić information content (AvgIpc) is 2.21. The summed E-state index contributed by atoms with van der Waals surface area (Å²) in [4.78, 5) is 14.7. The Morgan fingerprint density at radius 1 is 1.62 bits per heavy atom. The van der Waals surface area contributed by atoms with Gasteiger partial charge in [-0.15, -0.1) is 0 Å². The van der Waals surface area contributed by atoms with Gasteiger partial charge in [-0.05, 0) is 34.5 Å². The highest BCUT2D eigenvalue weighted by Gasteiger charge is 2.17. The molecule has 0 saturated carbocycles. The van der Waals surface area contributed by atoms with Crippen molar-refractivity contribution in [2.75, 3.05) is 6.61 Å². The molecule has 0 amide bonds. The van der Waals surface area contributed by atoms with Crippen LogP contribution in [-0.4, -0.2) is 17.6 Å². The lowest BCUT2D eigenvalue weighted by molar-refractivity contribution is -0.142. The lowest BCUT2D eigenvalue weighted by Crippen LogP contribution is -2.09. The highest BCUT2D eigenvalue weighted by molar-refractivity contribution is 9.10. The van der Waals surface area contributed by atoms with E-state index in [9.17, 15) is 13.6 Å². The number of carbonyl (C=O) groups is 1. The number of hydrogen-bond donors (Lipinski definition) is 0. The van der Waals surface area contributed by atoms with Gasteiger partial charge in [0.2, 0.25) is 0 Å². The third kappa shape index (κ3) is 3.23. The summed E-state index contributed by atoms with van der Waals surface area (Å²) in [7, 11) is 0. The molecule has 3 nitrogen and oxygen atoms in total. The lowest BCUT2D eigenvalue weighted by Gasteiger charge is -2.07. The summed E-state index contributed by atoms with van der Waals surface area (Å²) in [5.41, 5.74) is 0.0885. The van der Waals surface area contributed by atoms with Gasteiger partial charge in [-0.25, -0.2) is 8.78 Å². The number of aromatic nitrogens is 1. The lowest BCUT2D eigenvalue weighted by atomic mass is 10.1. The molecule has 0 N–H and O–H groups in total. The van der Waals surface area contributed by atoms with Crippen LogP contribution in [0.4, 0.5) is 8.78 Å². The maximum absolute atomic E-state index is 12.5. The smallest absolute Gasteiger partial charge is 0.310 e. The van der Waals surface area contributed by atoms with Crippen LogP contribution in [0.25, 0.3) is 0 Å². The summed E-state index contributed by atoms with van der Waals surface area (Å²) in [5, 5.41) is 0. The van der Waals surface area contributed by atoms with Gasteiger partial charge in [0.25, 0.3) is 6.43 Å². The van der Waals surface area contributed by atoms with Crippen molar-refractivity contribution in [3.63, 3.8) is 0 Å². The Hall–Kier alpha value is -1.04. The van der Waals surface area contributed by atoms with Gasteiger partial charge in [0, 0.05) is 10.7 Å². The average molecular weight is 294 g/mol. The van der Waals surface area contributed by atoms with Crippen molar-refractivity contribution < 1.29 is 18.3 Å². The van der Waals surface area contributed by atoms with Gasteiger partial charge < -0.3 is 4.74 Å². The molecule has 1 aromatic heterocycles. The Balaban J connectivity index is 2.89. The van der Waals surface area contributed by atoms with Crippen molar-refractivity contribution in [3.8, 4) is 0 Å². The Kier molecular flexibility index (Phi) is 4.79. The first-order valence-corrected chi connectivity index (χ1v) is 5.42. The minimum absolute atomic E-state index is 0.0450. The third-order valence-corrected chi connectivity index (χ3v) is 2.76. The monoisotopic (exact) mass is 293 g/mol. The van der Waals surface area contributed by atoms with E-state index in [1.165, 1.54) is 12.3 Å². The fourth-order valence-corrected chi connectivity index (χ4v) is 1.71. The number of nitrogens with zero attached hydrogens (tertiary/aromatic N) is 1. The van der Waals surface area contributed by atoms with Crippen LogP contribution in [0.15, 0.2) is 16.7 Å². The fourth-order valence-electron chi connectivity index (χ4n) is 1.16. The number of halogens is 3. The molecule has 0 spiro atoms. The quantitative estimate of drug-likeness (QED) is 0.802. The molecule has 0 atom stereocenters. The van der Waals surface area contributed by atoms with Crippen LogP contribution in [0.3, 0.4) is 0 Å². The van der Waals surface area contributed by atoms with E-state index >= 15 is 0 Å². The van der Waals surface area contributed by atoms with Gasteiger partial charge in [-0.2, -0.15) is 0 Å². The number of carbonyl (C=O) groups excluding carboxylic acids is 1. The third-order valence-electron chi connectivity index (χ3n) is 1.84. The van der Waals surface area contributed by atoms with Crippen molar-refractivity contribution >= 4 is 21.9 Å². The Morgan fingerprint density at radius 3 is 2.88 bits per heavy atom. The first kappa shape index (κ1) is 13.0. The summed E-state index contributed by atoms with van der Waals surface area (Å²) >= 11 is 3.01. The highest BCUT2D eigenvalue weighted by atomic mass is 79.9. The normalized spacial score (nSPS) is 10.6. The van der Waals surface area contributed by atoms with Gasteiger partial charge in [-0.1, -0.05) is 0 Å². The standard InChI is InChI=1S/C10H10BrF2NO2/c1-2-16-7(15)5-6-3-4-14-9(8(6)11)10(12)13/h3-4,10H,2,5H2,1H3. The number of alkyl halides is 2. The predicted molar refractivity (Wildman–Crippen MR) is 57.2 cm³/mol. The van der Waals surface area contributed by atoms with Crippen molar-refractivity contribution in [2.24, 2.45) is 0 Å². The second-order valence-electron chi connectivity index (χ2n) is 2.95. The molecular weight excluding hydrogens is 284 g/mol. The molecule has 0 unspecified atom stereocenters. The van der Waals surface area contributed by atoms with Crippen LogP contribution in [0.1, 0.15) is 24.6 Å². The van der Waals surface area contributed by atoms with E-state index in [1.54, 1.807) is 6.92 Å². The zero-order chi connectivity index (χ0) is 12.1. The van der Waals surface area contributed by atoms with E-state index in [0.29, 0.717) is 5.56 Å². The number of hydrogen-bond acceptors (Lipinski definition) is 3. The number of ether oxygens (including phenoxy) is 1. The Bertz CT molecular complexity index is 385. The molecule has 88 valence electrons. The first-order valence-electron chi connectivity index (χ1n) is 4.63. The maximum Gasteiger partial charge on any atom is 0.310 e. The minimum Gasteiger partial charge on any atom is -0.466 e. The molecule has 0 aliphatic rings. The minimum atomic E-state index is -2.67. The summed E-state index contributed by atoms with van der Waals surface area (Å²) in [6.45, 7) is 1.95. The Morgan fingerprint density at radius 2 is 2.31 bits per heavy atom. The number of rotatable bonds is 4. The SMILES string of the molecule is CCOC(=O)Cc1ccnc(C(F)F)c1Br. The summed E-state index contributed by atoms with van der Waals surface area (Å²) in [6.07, 6.45) is -1.46. The van der Waals surface area contributed by atoms with E-state index in [0.717, 1.165) is 0 Å². The van der Waals surface area contributed by atoms with Crippen LogP contribution in [0.2, 0.25) is 0 Å². The molecule has 0 aliphatic carbocycles. The van der Waals surface area contributed by atoms with Crippen molar-refractivity contribution in [2.45, 2.75) is 19.8 Å². The molecule has 0 fully saturated rings. The van der Waals surface area contributed by atoms with E-state index in [-0.39, 0.29) is 23.2 Å². The fraction of sp³-hybridized carbons (Fsp3) is 0.400. The summed E-state index contributed by atoms with van der Waals surface area (Å²) in [5.74, 6) is -0.449. The van der Waals surface area contributed by atoms with Crippen LogP contribution in [0.5, 0.6) is 0 Å². The van der Waals surface area contributed by atoms with Crippen LogP contribution in [0, 0.1) is 0 Å². The second-order valence-corrected chi connectivity index (χ2v) is 3.74. The molecule has 0 bridgehead atoms. The largest absolute Gasteiger partial charge is 0.466 e. The molecule has 1 rings (SSSR count). The molecule has 1 heterocycles. The number of pyridine rings is 1. The van der Waals surface area contributed by atoms with Crippen LogP contribution < -0.4 is 0 Å². The van der Waals surface area contributed by atoms with Gasteiger partial charge in [0.05, 0.1) is 13.0 Å². The maximum atomic E-state index is 12.5. The molecule has 16 heavy (non-hydrogen) atoms. The van der Waals surface area contributed by atoms with Crippen molar-refractivity contribution in [3.05, 3.63) is 28.0 Å². The number of esters is 1. The predicted octanol–water partition coefficient (Wildman–Crippen LogP) is 2.89. The van der Waals surface area contributed by atoms with Gasteiger partial charge in [0.1, 0.15) is 5.69 Å². The topological polar surface area (TPSA) is 39.2 Å². The van der Waals surface area contributed by atoms with E-state index in [4.69, 9.17) is 4.74 Å². The molecule has 0 radical (unpaired) electrons. The molecule has 0 aromatic carbocycles. The zero-order valence-electron chi connectivity index (χ0n) is 8.54. The molecule has 0 aliphatic heterocycles. The highest BCUT2D eigenvalue weighted by Crippen LogP contribution is 2.28. The summed E-state index contributed by atoms with van der Waals surface area (Å²) in [6, 6.07) is 1.51. The van der Waals surface area contributed by atoms with Crippen molar-refractivity contribution in [1.82, 2.24) is 4.98 Å². The second kappa shape index (κ2) is 5.89. The molecule has 1 aromatic rings. The van der Waals surface area contributed by atoms with Gasteiger partial charge >= 0.3 is 5.97 Å². The first-order chi connectivity index (χ1) is 7.56. The molecule has 6 heteroatoms. The van der Waals surface area contributed by atoms with Gasteiger partial charge in [-0.3, -0.25) is 9.78 Å². The van der Waals surface area contributed by atoms with Gasteiger partial charge in [0.15, 0.2) is 0 Å².